The highest BCUT2D eigenvalue weighted by atomic mass is 35.5. The number of aryl methyl sites for hydroxylation is 1. The summed E-state index contributed by atoms with van der Waals surface area (Å²) in [5.41, 5.74) is 1.55. The number of hydrogen-bond acceptors (Lipinski definition) is 3. The van der Waals surface area contributed by atoms with Crippen LogP contribution in [0.2, 0.25) is 5.02 Å². The van der Waals surface area contributed by atoms with E-state index in [2.05, 4.69) is 17.6 Å². The van der Waals surface area contributed by atoms with Crippen molar-refractivity contribution in [3.8, 4) is 0 Å². The van der Waals surface area contributed by atoms with Crippen LogP contribution in [0, 0.1) is 6.92 Å². The number of halogens is 1. The molecule has 6 heteroatoms. The lowest BCUT2D eigenvalue weighted by Gasteiger charge is -2.13. The van der Waals surface area contributed by atoms with Gasteiger partial charge in [-0.05, 0) is 38.0 Å². The van der Waals surface area contributed by atoms with Crippen LogP contribution in [-0.4, -0.2) is 31.1 Å². The first-order valence-corrected chi connectivity index (χ1v) is 8.73. The van der Waals surface area contributed by atoms with Crippen molar-refractivity contribution in [3.63, 3.8) is 0 Å². The Morgan fingerprint density at radius 3 is 2.58 bits per heavy atom. The van der Waals surface area contributed by atoms with Gasteiger partial charge >= 0.3 is 0 Å². The average molecular weight is 355 g/mol. The van der Waals surface area contributed by atoms with Crippen molar-refractivity contribution < 1.29 is 14.3 Å². The number of unbranched alkanes of at least 4 members (excludes halogenated alkanes) is 2. The SMILES string of the molecule is CCCCC[C@@H](C)NC(=O)COCC(=O)Nc1ccc(C)c(Cl)c1. The molecule has 0 heterocycles. The van der Waals surface area contributed by atoms with Gasteiger partial charge in [-0.2, -0.15) is 0 Å². The summed E-state index contributed by atoms with van der Waals surface area (Å²) in [6.07, 6.45) is 4.37. The molecule has 1 aromatic carbocycles. The fraction of sp³-hybridized carbons (Fsp3) is 0.556. The largest absolute Gasteiger partial charge is 0.362 e. The fourth-order valence-corrected chi connectivity index (χ4v) is 2.37. The van der Waals surface area contributed by atoms with Gasteiger partial charge in [-0.1, -0.05) is 43.9 Å². The summed E-state index contributed by atoms with van der Waals surface area (Å²) in [6, 6.07) is 5.39. The predicted molar refractivity (Wildman–Crippen MR) is 97.4 cm³/mol. The summed E-state index contributed by atoms with van der Waals surface area (Å²) in [5.74, 6) is -0.524. The Morgan fingerprint density at radius 2 is 1.92 bits per heavy atom. The molecule has 1 aromatic rings. The van der Waals surface area contributed by atoms with Gasteiger partial charge in [0.05, 0.1) is 0 Å². The van der Waals surface area contributed by atoms with E-state index in [9.17, 15) is 9.59 Å². The lowest BCUT2D eigenvalue weighted by molar-refractivity contribution is -0.129. The topological polar surface area (TPSA) is 67.4 Å². The highest BCUT2D eigenvalue weighted by molar-refractivity contribution is 6.31. The molecule has 0 fully saturated rings. The Morgan fingerprint density at radius 1 is 1.21 bits per heavy atom. The van der Waals surface area contributed by atoms with Crippen molar-refractivity contribution in [2.75, 3.05) is 18.5 Å². The Hall–Kier alpha value is -1.59. The third kappa shape index (κ3) is 8.31. The lowest BCUT2D eigenvalue weighted by Crippen LogP contribution is -2.36. The molecule has 0 bridgehead atoms. The van der Waals surface area contributed by atoms with Crippen molar-refractivity contribution in [3.05, 3.63) is 28.8 Å². The minimum Gasteiger partial charge on any atom is -0.362 e. The van der Waals surface area contributed by atoms with Crippen LogP contribution in [0.15, 0.2) is 18.2 Å². The molecule has 2 N–H and O–H groups in total. The van der Waals surface area contributed by atoms with Crippen LogP contribution in [0.1, 0.15) is 45.1 Å². The van der Waals surface area contributed by atoms with E-state index in [0.717, 1.165) is 24.8 Å². The minimum atomic E-state index is -0.321. The van der Waals surface area contributed by atoms with Crippen LogP contribution < -0.4 is 10.6 Å². The number of anilines is 1. The smallest absolute Gasteiger partial charge is 0.250 e. The molecule has 134 valence electrons. The molecule has 0 saturated heterocycles. The predicted octanol–water partition coefficient (Wildman–Crippen LogP) is 3.69. The van der Waals surface area contributed by atoms with E-state index in [4.69, 9.17) is 16.3 Å². The van der Waals surface area contributed by atoms with E-state index >= 15 is 0 Å². The summed E-state index contributed by atoms with van der Waals surface area (Å²) < 4.78 is 5.15. The van der Waals surface area contributed by atoms with E-state index in [-0.39, 0.29) is 31.1 Å². The summed E-state index contributed by atoms with van der Waals surface area (Å²) in [4.78, 5) is 23.5. The van der Waals surface area contributed by atoms with Crippen LogP contribution in [0.4, 0.5) is 5.69 Å². The zero-order valence-corrected chi connectivity index (χ0v) is 15.4. The third-order valence-electron chi connectivity index (χ3n) is 3.57. The molecule has 0 aromatic heterocycles. The van der Waals surface area contributed by atoms with Crippen molar-refractivity contribution in [1.29, 1.82) is 0 Å². The lowest BCUT2D eigenvalue weighted by atomic mass is 10.1. The first-order chi connectivity index (χ1) is 11.4. The molecule has 24 heavy (non-hydrogen) atoms. The molecule has 0 aliphatic carbocycles. The van der Waals surface area contributed by atoms with Gasteiger partial charge in [0.1, 0.15) is 13.2 Å². The van der Waals surface area contributed by atoms with E-state index in [1.807, 2.05) is 19.9 Å². The van der Waals surface area contributed by atoms with Gasteiger partial charge in [0.25, 0.3) is 0 Å². The van der Waals surface area contributed by atoms with Gasteiger partial charge < -0.3 is 15.4 Å². The number of amides is 2. The normalized spacial score (nSPS) is 11.8. The monoisotopic (exact) mass is 354 g/mol. The second kappa shape index (κ2) is 11.0. The quantitative estimate of drug-likeness (QED) is 0.630. The highest BCUT2D eigenvalue weighted by Gasteiger charge is 2.09. The van der Waals surface area contributed by atoms with E-state index < -0.39 is 0 Å². The van der Waals surface area contributed by atoms with Crippen molar-refractivity contribution in [2.24, 2.45) is 0 Å². The molecule has 0 aliphatic heterocycles. The maximum absolute atomic E-state index is 11.8. The summed E-state index contributed by atoms with van der Waals surface area (Å²) >= 11 is 6.00. The molecule has 1 rings (SSSR count). The first kappa shape index (κ1) is 20.5. The molecule has 0 spiro atoms. The number of benzene rings is 1. The second-order valence-electron chi connectivity index (χ2n) is 5.97. The highest BCUT2D eigenvalue weighted by Crippen LogP contribution is 2.19. The number of nitrogens with one attached hydrogen (secondary N) is 2. The van der Waals surface area contributed by atoms with E-state index in [1.165, 1.54) is 6.42 Å². The number of rotatable bonds is 10. The van der Waals surface area contributed by atoms with Crippen molar-refractivity contribution >= 4 is 29.1 Å². The summed E-state index contributed by atoms with van der Waals surface area (Å²) in [5, 5.41) is 6.13. The van der Waals surface area contributed by atoms with Gasteiger partial charge in [-0.25, -0.2) is 0 Å². The molecular weight excluding hydrogens is 328 g/mol. The van der Waals surface area contributed by atoms with Crippen LogP contribution >= 0.6 is 11.6 Å². The van der Waals surface area contributed by atoms with Gasteiger partial charge in [-0.15, -0.1) is 0 Å². The number of hydrogen-bond donors (Lipinski definition) is 2. The number of carbonyl (C=O) groups is 2. The Labute approximate surface area is 149 Å². The summed E-state index contributed by atoms with van der Waals surface area (Å²) in [7, 11) is 0. The van der Waals surface area contributed by atoms with E-state index in [0.29, 0.717) is 10.7 Å². The maximum Gasteiger partial charge on any atom is 0.250 e. The Bertz CT molecular complexity index is 549. The zero-order valence-electron chi connectivity index (χ0n) is 14.7. The second-order valence-corrected chi connectivity index (χ2v) is 6.38. The number of ether oxygens (including phenoxy) is 1. The molecule has 1 atom stereocenters. The van der Waals surface area contributed by atoms with Crippen molar-refractivity contribution in [1.82, 2.24) is 5.32 Å². The van der Waals surface area contributed by atoms with Crippen molar-refractivity contribution in [2.45, 2.75) is 52.5 Å². The van der Waals surface area contributed by atoms with Gasteiger partial charge in [-0.3, -0.25) is 9.59 Å². The van der Waals surface area contributed by atoms with Crippen LogP contribution in [-0.2, 0) is 14.3 Å². The van der Waals surface area contributed by atoms with Crippen LogP contribution in [0.3, 0.4) is 0 Å². The fourth-order valence-electron chi connectivity index (χ4n) is 2.19. The molecule has 0 saturated carbocycles. The number of carbonyl (C=O) groups excluding carboxylic acids is 2. The Kier molecular flexibility index (Phi) is 9.42. The maximum atomic E-state index is 11.8. The molecule has 0 radical (unpaired) electrons. The van der Waals surface area contributed by atoms with Gasteiger partial charge in [0, 0.05) is 16.8 Å². The molecule has 0 aliphatic rings. The third-order valence-corrected chi connectivity index (χ3v) is 3.98. The zero-order chi connectivity index (χ0) is 17.9. The van der Waals surface area contributed by atoms with Crippen LogP contribution in [0.5, 0.6) is 0 Å². The minimum absolute atomic E-state index is 0.121. The summed E-state index contributed by atoms with van der Waals surface area (Å²) in [6.45, 7) is 5.70. The molecular formula is C18H27ClN2O3. The van der Waals surface area contributed by atoms with Gasteiger partial charge in [0.2, 0.25) is 11.8 Å². The Balaban J connectivity index is 2.22. The van der Waals surface area contributed by atoms with Crippen LogP contribution in [0.25, 0.3) is 0 Å². The van der Waals surface area contributed by atoms with E-state index in [1.54, 1.807) is 12.1 Å². The van der Waals surface area contributed by atoms with Gasteiger partial charge in [0.15, 0.2) is 0 Å². The first-order valence-electron chi connectivity index (χ1n) is 8.35. The molecule has 2 amide bonds. The standard InChI is InChI=1S/C18H27ClN2O3/c1-4-5-6-7-14(3)20-17(22)11-24-12-18(23)21-15-9-8-13(2)16(19)10-15/h8-10,14H,4-7,11-12H2,1-3H3,(H,20,22)(H,21,23)/t14-/m1/s1. The average Bonchev–Trinajstić information content (AvgIpc) is 2.51. The molecule has 0 unspecified atom stereocenters. The molecule has 5 nitrogen and oxygen atoms in total.